The summed E-state index contributed by atoms with van der Waals surface area (Å²) in [4.78, 5) is 14.9. The number of anilines is 1. The van der Waals surface area contributed by atoms with Crippen molar-refractivity contribution < 1.29 is 9.90 Å². The molecule has 0 heterocycles. The molecule has 0 aliphatic heterocycles. The highest BCUT2D eigenvalue weighted by molar-refractivity contribution is 6.32. The highest BCUT2D eigenvalue weighted by atomic mass is 16.3. The Balaban J connectivity index is 1.73. The van der Waals surface area contributed by atoms with Crippen molar-refractivity contribution in [1.29, 1.82) is 0 Å². The third-order valence-corrected chi connectivity index (χ3v) is 5.36. The van der Waals surface area contributed by atoms with Gasteiger partial charge in [-0.3, -0.25) is 0 Å². The first-order valence-electron chi connectivity index (χ1n) is 11.0. The number of carbonyl (C=O) groups is 1. The number of rotatable bonds is 11. The second kappa shape index (κ2) is 12.7. The van der Waals surface area contributed by atoms with Crippen molar-refractivity contribution >= 4 is 25.0 Å². The predicted molar refractivity (Wildman–Crippen MR) is 132 cm³/mol. The molecule has 2 radical (unpaired) electrons. The molecule has 0 unspecified atom stereocenters. The number of benzene rings is 3. The van der Waals surface area contributed by atoms with Gasteiger partial charge in [-0.15, -0.1) is 0 Å². The molecule has 3 N–H and O–H groups in total. The molecule has 6 heteroatoms. The van der Waals surface area contributed by atoms with Gasteiger partial charge in [0.25, 0.3) is 0 Å². The molecular weight excluding hydrogens is 397 g/mol. The standard InChI is InChI=1S/C26H30BN3O2/c27-23-12-7-13-24(20-23)29-26(32)30(18-15-28-16-19-31)17-14-25(21-8-3-1-4-9-21)22-10-5-2-6-11-22/h1-13,20,25,28,31H,14-19H2,(H,29,32). The van der Waals surface area contributed by atoms with E-state index in [4.69, 9.17) is 13.0 Å². The summed E-state index contributed by atoms with van der Waals surface area (Å²) in [6.45, 7) is 2.29. The SMILES string of the molecule is [B]c1cccc(NC(=O)N(CCNCCO)CCC(c2ccccc2)c2ccccc2)c1. The normalized spacial score (nSPS) is 10.8. The molecule has 0 aromatic heterocycles. The van der Waals surface area contributed by atoms with Crippen LogP contribution in [0.3, 0.4) is 0 Å². The van der Waals surface area contributed by atoms with Crippen molar-refractivity contribution in [2.75, 3.05) is 38.1 Å². The smallest absolute Gasteiger partial charge is 0.321 e. The highest BCUT2D eigenvalue weighted by Gasteiger charge is 2.19. The molecule has 32 heavy (non-hydrogen) atoms. The minimum absolute atomic E-state index is 0.0690. The molecule has 2 amide bonds. The summed E-state index contributed by atoms with van der Waals surface area (Å²) in [6.07, 6.45) is 0.790. The topological polar surface area (TPSA) is 64.6 Å². The zero-order valence-corrected chi connectivity index (χ0v) is 18.3. The van der Waals surface area contributed by atoms with Gasteiger partial charge >= 0.3 is 6.03 Å². The Morgan fingerprint density at radius 2 is 1.53 bits per heavy atom. The van der Waals surface area contributed by atoms with E-state index in [1.807, 2.05) is 53.4 Å². The summed E-state index contributed by atoms with van der Waals surface area (Å²) in [5, 5.41) is 15.1. The number of carbonyl (C=O) groups excluding carboxylic acids is 1. The number of aliphatic hydroxyl groups is 1. The van der Waals surface area contributed by atoms with E-state index in [9.17, 15) is 4.79 Å². The molecule has 0 aliphatic rings. The van der Waals surface area contributed by atoms with Gasteiger partial charge in [0, 0.05) is 37.8 Å². The zero-order valence-electron chi connectivity index (χ0n) is 18.3. The Morgan fingerprint density at radius 3 is 2.12 bits per heavy atom. The monoisotopic (exact) mass is 427 g/mol. The van der Waals surface area contributed by atoms with Crippen molar-refractivity contribution in [3.05, 3.63) is 96.1 Å². The van der Waals surface area contributed by atoms with E-state index < -0.39 is 0 Å². The molecule has 3 rings (SSSR count). The lowest BCUT2D eigenvalue weighted by molar-refractivity contribution is 0.209. The second-order valence-corrected chi connectivity index (χ2v) is 7.68. The van der Waals surface area contributed by atoms with Crippen LogP contribution in [0.15, 0.2) is 84.9 Å². The van der Waals surface area contributed by atoms with E-state index in [1.54, 1.807) is 12.1 Å². The van der Waals surface area contributed by atoms with Gasteiger partial charge in [-0.1, -0.05) is 78.3 Å². The molecule has 3 aromatic carbocycles. The molecule has 164 valence electrons. The Morgan fingerprint density at radius 1 is 0.875 bits per heavy atom. The molecule has 0 aliphatic carbocycles. The highest BCUT2D eigenvalue weighted by Crippen LogP contribution is 2.28. The van der Waals surface area contributed by atoms with E-state index in [2.05, 4.69) is 34.9 Å². The maximum absolute atomic E-state index is 13.1. The van der Waals surface area contributed by atoms with Crippen molar-refractivity contribution in [3.63, 3.8) is 0 Å². The first-order valence-corrected chi connectivity index (χ1v) is 11.0. The Kier molecular flexibility index (Phi) is 9.35. The molecule has 5 nitrogen and oxygen atoms in total. The molecular formula is C26H30BN3O2. The van der Waals surface area contributed by atoms with Crippen molar-refractivity contribution in [3.8, 4) is 0 Å². The van der Waals surface area contributed by atoms with E-state index in [0.717, 1.165) is 6.42 Å². The lowest BCUT2D eigenvalue weighted by Crippen LogP contribution is -2.41. The fraction of sp³-hybridized carbons (Fsp3) is 0.269. The minimum Gasteiger partial charge on any atom is -0.395 e. The van der Waals surface area contributed by atoms with Gasteiger partial charge in [-0.2, -0.15) is 0 Å². The molecule has 0 bridgehead atoms. The molecule has 0 saturated carbocycles. The van der Waals surface area contributed by atoms with Gasteiger partial charge in [-0.05, 0) is 29.7 Å². The molecule has 0 spiro atoms. The minimum atomic E-state index is -0.165. The number of hydrogen-bond acceptors (Lipinski definition) is 3. The largest absolute Gasteiger partial charge is 0.395 e. The van der Waals surface area contributed by atoms with Crippen LogP contribution >= 0.6 is 0 Å². The fourth-order valence-electron chi connectivity index (χ4n) is 3.73. The van der Waals surface area contributed by atoms with Crippen LogP contribution in [-0.4, -0.2) is 56.7 Å². The quantitative estimate of drug-likeness (QED) is 0.326. The van der Waals surface area contributed by atoms with Crippen LogP contribution in [0, 0.1) is 0 Å². The first-order chi connectivity index (χ1) is 15.7. The summed E-state index contributed by atoms with van der Waals surface area (Å²) in [5.74, 6) is 0.186. The van der Waals surface area contributed by atoms with Gasteiger partial charge < -0.3 is 20.6 Å². The van der Waals surface area contributed by atoms with E-state index in [0.29, 0.717) is 37.3 Å². The Labute approximate surface area is 191 Å². The van der Waals surface area contributed by atoms with Crippen molar-refractivity contribution in [2.45, 2.75) is 12.3 Å². The number of hydrogen-bond donors (Lipinski definition) is 3. The number of nitrogens with one attached hydrogen (secondary N) is 2. The van der Waals surface area contributed by atoms with E-state index in [1.165, 1.54) is 11.1 Å². The average Bonchev–Trinajstić information content (AvgIpc) is 2.82. The van der Waals surface area contributed by atoms with E-state index >= 15 is 0 Å². The lowest BCUT2D eigenvalue weighted by Gasteiger charge is -2.26. The molecule has 0 saturated heterocycles. The lowest BCUT2D eigenvalue weighted by atomic mass is 9.88. The summed E-state index contributed by atoms with van der Waals surface area (Å²) < 4.78 is 0. The number of urea groups is 1. The Bertz CT molecular complexity index is 914. The summed E-state index contributed by atoms with van der Waals surface area (Å²) >= 11 is 0. The molecule has 3 aromatic rings. The van der Waals surface area contributed by atoms with Crippen LogP contribution in [0.1, 0.15) is 23.5 Å². The summed E-state index contributed by atoms with van der Waals surface area (Å²) in [6, 6.07) is 27.8. The van der Waals surface area contributed by atoms with E-state index in [-0.39, 0.29) is 18.6 Å². The third kappa shape index (κ3) is 7.25. The van der Waals surface area contributed by atoms with Gasteiger partial charge in [-0.25, -0.2) is 4.79 Å². The zero-order chi connectivity index (χ0) is 22.6. The molecule has 0 atom stereocenters. The van der Waals surface area contributed by atoms with Gasteiger partial charge in [0.15, 0.2) is 0 Å². The van der Waals surface area contributed by atoms with Crippen LogP contribution in [0.2, 0.25) is 0 Å². The second-order valence-electron chi connectivity index (χ2n) is 7.68. The summed E-state index contributed by atoms with van der Waals surface area (Å²) in [7, 11) is 5.85. The van der Waals surface area contributed by atoms with Crippen LogP contribution in [0.4, 0.5) is 10.5 Å². The van der Waals surface area contributed by atoms with Crippen LogP contribution in [-0.2, 0) is 0 Å². The van der Waals surface area contributed by atoms with Gasteiger partial charge in [0.05, 0.1) is 6.61 Å². The van der Waals surface area contributed by atoms with Gasteiger partial charge in [0.2, 0.25) is 0 Å². The van der Waals surface area contributed by atoms with Gasteiger partial charge in [0.1, 0.15) is 7.85 Å². The first kappa shape index (κ1) is 23.6. The third-order valence-electron chi connectivity index (χ3n) is 5.36. The van der Waals surface area contributed by atoms with Crippen LogP contribution in [0.25, 0.3) is 0 Å². The Hall–Kier alpha value is -3.09. The number of nitrogens with zero attached hydrogens (tertiary/aromatic N) is 1. The fourth-order valence-corrected chi connectivity index (χ4v) is 3.73. The average molecular weight is 427 g/mol. The van der Waals surface area contributed by atoms with Crippen molar-refractivity contribution in [1.82, 2.24) is 10.2 Å². The van der Waals surface area contributed by atoms with Crippen LogP contribution in [0.5, 0.6) is 0 Å². The number of amides is 2. The van der Waals surface area contributed by atoms with Crippen molar-refractivity contribution in [2.24, 2.45) is 0 Å². The predicted octanol–water partition coefficient (Wildman–Crippen LogP) is 3.12. The molecule has 0 fully saturated rings. The maximum Gasteiger partial charge on any atom is 0.321 e. The number of aliphatic hydroxyl groups excluding tert-OH is 1. The summed E-state index contributed by atoms with van der Waals surface area (Å²) in [5.41, 5.74) is 3.74. The van der Waals surface area contributed by atoms with Crippen LogP contribution < -0.4 is 16.1 Å². The maximum atomic E-state index is 13.1.